The van der Waals surface area contributed by atoms with Crippen LogP contribution in [0.3, 0.4) is 0 Å². The molecule has 1 aromatic carbocycles. The number of nitrogens with one attached hydrogen (secondary N) is 1. The Morgan fingerprint density at radius 1 is 0.895 bits per heavy atom. The third-order valence-electron chi connectivity index (χ3n) is 3.37. The predicted octanol–water partition coefficient (Wildman–Crippen LogP) is 4.94. The van der Waals surface area contributed by atoms with Crippen molar-refractivity contribution in [3.05, 3.63) is 35.6 Å². The smallest absolute Gasteiger partial charge is 0.123 e. The second-order valence-electron chi connectivity index (χ2n) is 6.40. The molecule has 1 nitrogen and oxygen atoms in total. The Bertz CT molecular complexity index is 346. The minimum Gasteiger partial charge on any atom is -0.307 e. The van der Waals surface area contributed by atoms with Crippen LogP contribution < -0.4 is 5.32 Å². The Morgan fingerprint density at radius 3 is 1.79 bits per heavy atom. The highest BCUT2D eigenvalue weighted by Gasteiger charge is 2.16. The molecule has 0 radical (unpaired) electrons. The Hall–Kier alpha value is -0.890. The summed E-state index contributed by atoms with van der Waals surface area (Å²) in [7, 11) is 0. The van der Waals surface area contributed by atoms with E-state index in [1.165, 1.54) is 25.0 Å². The highest BCUT2D eigenvalue weighted by atomic mass is 19.1. The van der Waals surface area contributed by atoms with Crippen molar-refractivity contribution in [3.63, 3.8) is 0 Å². The molecule has 19 heavy (non-hydrogen) atoms. The number of benzene rings is 1. The van der Waals surface area contributed by atoms with Crippen LogP contribution in [-0.2, 0) is 0 Å². The molecule has 0 saturated heterocycles. The molecule has 0 aliphatic heterocycles. The Morgan fingerprint density at radius 2 is 1.37 bits per heavy atom. The van der Waals surface area contributed by atoms with Gasteiger partial charge in [0.15, 0.2) is 0 Å². The van der Waals surface area contributed by atoms with E-state index in [4.69, 9.17) is 0 Å². The minimum absolute atomic E-state index is 0.170. The minimum atomic E-state index is -0.170. The lowest BCUT2D eigenvalue weighted by atomic mass is 9.94. The summed E-state index contributed by atoms with van der Waals surface area (Å²) in [6, 6.07) is 7.60. The van der Waals surface area contributed by atoms with E-state index in [2.05, 4.69) is 39.9 Å². The lowest BCUT2D eigenvalue weighted by Gasteiger charge is -2.26. The van der Waals surface area contributed by atoms with E-state index in [9.17, 15) is 4.39 Å². The summed E-state index contributed by atoms with van der Waals surface area (Å²) in [6.45, 7) is 11.2. The van der Waals surface area contributed by atoms with Crippen molar-refractivity contribution in [3.8, 4) is 0 Å². The van der Waals surface area contributed by atoms with Crippen molar-refractivity contribution in [2.24, 2.45) is 11.8 Å². The third kappa shape index (κ3) is 6.20. The zero-order valence-electron chi connectivity index (χ0n) is 12.9. The molecule has 0 amide bonds. The van der Waals surface area contributed by atoms with Gasteiger partial charge in [0.1, 0.15) is 5.82 Å². The zero-order chi connectivity index (χ0) is 14.4. The van der Waals surface area contributed by atoms with Gasteiger partial charge in [0.2, 0.25) is 0 Å². The first-order valence-electron chi connectivity index (χ1n) is 7.40. The summed E-state index contributed by atoms with van der Waals surface area (Å²) in [4.78, 5) is 0. The molecule has 1 rings (SSSR count). The summed E-state index contributed by atoms with van der Waals surface area (Å²) >= 11 is 0. The zero-order valence-corrected chi connectivity index (χ0v) is 12.9. The molecule has 0 fully saturated rings. The molecule has 1 N–H and O–H groups in total. The van der Waals surface area contributed by atoms with Crippen LogP contribution in [0.4, 0.5) is 4.39 Å². The molecule has 0 aliphatic rings. The average molecular weight is 265 g/mol. The topological polar surface area (TPSA) is 12.0 Å². The highest BCUT2D eigenvalue weighted by molar-refractivity contribution is 5.19. The molecular formula is C17H28FN. The van der Waals surface area contributed by atoms with Crippen LogP contribution in [0.5, 0.6) is 0 Å². The van der Waals surface area contributed by atoms with Gasteiger partial charge in [-0.05, 0) is 49.3 Å². The van der Waals surface area contributed by atoms with Gasteiger partial charge in [-0.15, -0.1) is 0 Å². The summed E-state index contributed by atoms with van der Waals surface area (Å²) < 4.78 is 12.9. The van der Waals surface area contributed by atoms with Crippen LogP contribution in [0.15, 0.2) is 24.3 Å². The molecule has 108 valence electrons. The molecular weight excluding hydrogens is 237 g/mol. The third-order valence-corrected chi connectivity index (χ3v) is 3.37. The number of hydrogen-bond acceptors (Lipinski definition) is 1. The molecule has 0 aliphatic carbocycles. The van der Waals surface area contributed by atoms with Crippen LogP contribution in [0.2, 0.25) is 0 Å². The second-order valence-corrected chi connectivity index (χ2v) is 6.40. The monoisotopic (exact) mass is 265 g/mol. The van der Waals surface area contributed by atoms with Crippen molar-refractivity contribution in [1.29, 1.82) is 0 Å². The van der Waals surface area contributed by atoms with E-state index in [0.717, 1.165) is 5.56 Å². The van der Waals surface area contributed by atoms with Gasteiger partial charge in [-0.25, -0.2) is 4.39 Å². The summed E-state index contributed by atoms with van der Waals surface area (Å²) in [5.41, 5.74) is 1.15. The van der Waals surface area contributed by atoms with E-state index >= 15 is 0 Å². The maximum absolute atomic E-state index is 12.9. The molecule has 0 saturated carbocycles. The maximum Gasteiger partial charge on any atom is 0.123 e. The molecule has 0 spiro atoms. The molecule has 0 heterocycles. The second kappa shape index (κ2) is 7.64. The molecule has 2 heteroatoms. The standard InChI is InChI=1S/C17H28FN/c1-12(2)10-17(11-13(3)4)19-14(5)15-6-8-16(18)9-7-15/h6-9,12-14,17,19H,10-11H2,1-5H3/t14-/m0/s1. The molecule has 1 atom stereocenters. The van der Waals surface area contributed by atoms with Crippen molar-refractivity contribution < 1.29 is 4.39 Å². The van der Waals surface area contributed by atoms with E-state index < -0.39 is 0 Å². The van der Waals surface area contributed by atoms with Gasteiger partial charge < -0.3 is 5.32 Å². The number of rotatable bonds is 7. The van der Waals surface area contributed by atoms with Gasteiger partial charge in [0.05, 0.1) is 0 Å². The first-order valence-corrected chi connectivity index (χ1v) is 7.40. The van der Waals surface area contributed by atoms with Gasteiger partial charge in [-0.3, -0.25) is 0 Å². The van der Waals surface area contributed by atoms with Crippen molar-refractivity contribution >= 4 is 0 Å². The molecule has 0 aromatic heterocycles. The largest absolute Gasteiger partial charge is 0.307 e. The van der Waals surface area contributed by atoms with Crippen molar-refractivity contribution in [2.45, 2.75) is 59.5 Å². The van der Waals surface area contributed by atoms with Crippen LogP contribution in [0.25, 0.3) is 0 Å². The lowest BCUT2D eigenvalue weighted by Crippen LogP contribution is -2.34. The van der Waals surface area contributed by atoms with Crippen molar-refractivity contribution in [2.75, 3.05) is 0 Å². The first kappa shape index (κ1) is 16.2. The first-order chi connectivity index (χ1) is 8.88. The summed E-state index contributed by atoms with van der Waals surface area (Å²) in [5.74, 6) is 1.21. The average Bonchev–Trinajstić information content (AvgIpc) is 2.27. The predicted molar refractivity (Wildman–Crippen MR) is 80.6 cm³/mol. The fourth-order valence-corrected chi connectivity index (χ4v) is 2.57. The quantitative estimate of drug-likeness (QED) is 0.736. The maximum atomic E-state index is 12.9. The highest BCUT2D eigenvalue weighted by Crippen LogP contribution is 2.19. The lowest BCUT2D eigenvalue weighted by molar-refractivity contribution is 0.335. The number of halogens is 1. The van der Waals surface area contributed by atoms with E-state index in [0.29, 0.717) is 17.9 Å². The molecule has 0 unspecified atom stereocenters. The molecule has 0 bridgehead atoms. The fraction of sp³-hybridized carbons (Fsp3) is 0.647. The summed E-state index contributed by atoms with van der Waals surface area (Å²) in [6.07, 6.45) is 2.37. The van der Waals surface area contributed by atoms with Crippen molar-refractivity contribution in [1.82, 2.24) is 5.32 Å². The fourth-order valence-electron chi connectivity index (χ4n) is 2.57. The van der Waals surface area contributed by atoms with Gasteiger partial charge in [0, 0.05) is 12.1 Å². The van der Waals surface area contributed by atoms with Crippen LogP contribution in [0.1, 0.15) is 59.1 Å². The van der Waals surface area contributed by atoms with Gasteiger partial charge in [-0.2, -0.15) is 0 Å². The van der Waals surface area contributed by atoms with E-state index in [1.807, 2.05) is 12.1 Å². The van der Waals surface area contributed by atoms with Crippen LogP contribution in [0, 0.1) is 17.7 Å². The number of hydrogen-bond donors (Lipinski definition) is 1. The Labute approximate surface area is 117 Å². The van der Waals surface area contributed by atoms with E-state index in [-0.39, 0.29) is 11.9 Å². The Balaban J connectivity index is 2.63. The summed E-state index contributed by atoms with van der Waals surface area (Å²) in [5, 5.41) is 3.69. The van der Waals surface area contributed by atoms with Gasteiger partial charge >= 0.3 is 0 Å². The molecule has 1 aromatic rings. The van der Waals surface area contributed by atoms with Crippen LogP contribution in [-0.4, -0.2) is 6.04 Å². The Kier molecular flexibility index (Phi) is 6.50. The van der Waals surface area contributed by atoms with Crippen LogP contribution >= 0.6 is 0 Å². The SMILES string of the molecule is CC(C)CC(CC(C)C)N[C@@H](C)c1ccc(F)cc1. The normalized spacial score (nSPS) is 13.5. The van der Waals surface area contributed by atoms with Gasteiger partial charge in [-0.1, -0.05) is 39.8 Å². The van der Waals surface area contributed by atoms with Gasteiger partial charge in [0.25, 0.3) is 0 Å². The van der Waals surface area contributed by atoms with E-state index in [1.54, 1.807) is 0 Å².